The highest BCUT2D eigenvalue weighted by atomic mass is 16.6. The molecule has 1 heterocycles. The highest BCUT2D eigenvalue weighted by Gasteiger charge is 2.26. The summed E-state index contributed by atoms with van der Waals surface area (Å²) in [5.74, 6) is 1.52. The first-order chi connectivity index (χ1) is 8.80. The van der Waals surface area contributed by atoms with Crippen LogP contribution in [0.1, 0.15) is 27.7 Å². The predicted molar refractivity (Wildman–Crippen MR) is 79.2 cm³/mol. The Morgan fingerprint density at radius 2 is 1.68 bits per heavy atom. The SMILES string of the molecule is CC(N(C)c1cc2c(cc1N)OCCO2)C(C)(C)C. The van der Waals surface area contributed by atoms with E-state index in [4.69, 9.17) is 15.2 Å². The highest BCUT2D eigenvalue weighted by Crippen LogP contribution is 2.40. The van der Waals surface area contributed by atoms with Gasteiger partial charge in [0.2, 0.25) is 0 Å². The molecule has 0 bridgehead atoms. The van der Waals surface area contributed by atoms with Gasteiger partial charge < -0.3 is 20.1 Å². The molecule has 1 aromatic carbocycles. The first kappa shape index (κ1) is 13.8. The molecule has 1 aliphatic heterocycles. The number of ether oxygens (including phenoxy) is 2. The van der Waals surface area contributed by atoms with E-state index in [9.17, 15) is 0 Å². The summed E-state index contributed by atoms with van der Waals surface area (Å²) in [4.78, 5) is 2.20. The Morgan fingerprint density at radius 1 is 1.16 bits per heavy atom. The standard InChI is InChI=1S/C15H24N2O2/c1-10(15(2,3)4)17(5)12-9-14-13(8-11(12)16)18-6-7-19-14/h8-10H,6-7,16H2,1-5H3. The minimum absolute atomic E-state index is 0.175. The van der Waals surface area contributed by atoms with Crippen LogP contribution in [0.2, 0.25) is 0 Å². The Morgan fingerprint density at radius 3 is 2.21 bits per heavy atom. The van der Waals surface area contributed by atoms with Crippen LogP contribution < -0.4 is 20.1 Å². The van der Waals surface area contributed by atoms with Gasteiger partial charge in [-0.2, -0.15) is 0 Å². The fourth-order valence-corrected chi connectivity index (χ4v) is 2.19. The summed E-state index contributed by atoms with van der Waals surface area (Å²) in [6.07, 6.45) is 0. The monoisotopic (exact) mass is 264 g/mol. The zero-order valence-electron chi connectivity index (χ0n) is 12.5. The van der Waals surface area contributed by atoms with E-state index < -0.39 is 0 Å². The van der Waals surface area contributed by atoms with Gasteiger partial charge in [0.05, 0.1) is 11.4 Å². The summed E-state index contributed by atoms with van der Waals surface area (Å²) in [6.45, 7) is 10.1. The molecule has 4 nitrogen and oxygen atoms in total. The maximum absolute atomic E-state index is 6.15. The maximum atomic E-state index is 6.15. The van der Waals surface area contributed by atoms with Gasteiger partial charge in [0.15, 0.2) is 11.5 Å². The summed E-state index contributed by atoms with van der Waals surface area (Å²) < 4.78 is 11.2. The quantitative estimate of drug-likeness (QED) is 0.834. The minimum Gasteiger partial charge on any atom is -0.486 e. The van der Waals surface area contributed by atoms with Gasteiger partial charge in [-0.3, -0.25) is 0 Å². The van der Waals surface area contributed by atoms with Gasteiger partial charge in [0.1, 0.15) is 13.2 Å². The average molecular weight is 264 g/mol. The fraction of sp³-hybridized carbons (Fsp3) is 0.600. The molecular formula is C15H24N2O2. The molecule has 19 heavy (non-hydrogen) atoms. The lowest BCUT2D eigenvalue weighted by Crippen LogP contribution is -2.39. The number of benzene rings is 1. The molecular weight excluding hydrogens is 240 g/mol. The number of hydrogen-bond acceptors (Lipinski definition) is 4. The van der Waals surface area contributed by atoms with Gasteiger partial charge in [-0.1, -0.05) is 20.8 Å². The van der Waals surface area contributed by atoms with Crippen LogP contribution in [0.25, 0.3) is 0 Å². The van der Waals surface area contributed by atoms with Crippen molar-refractivity contribution in [2.45, 2.75) is 33.7 Å². The van der Waals surface area contributed by atoms with Crippen LogP contribution in [0.15, 0.2) is 12.1 Å². The minimum atomic E-state index is 0.175. The van der Waals surface area contributed by atoms with E-state index in [0.29, 0.717) is 19.3 Å². The molecule has 0 saturated carbocycles. The number of nitrogens with zero attached hydrogens (tertiary/aromatic N) is 1. The van der Waals surface area contributed by atoms with E-state index in [1.54, 1.807) is 0 Å². The fourth-order valence-electron chi connectivity index (χ4n) is 2.19. The number of nitrogen functional groups attached to an aromatic ring is 1. The zero-order valence-corrected chi connectivity index (χ0v) is 12.5. The van der Waals surface area contributed by atoms with E-state index in [-0.39, 0.29) is 5.41 Å². The molecule has 0 saturated heterocycles. The Labute approximate surface area is 115 Å². The van der Waals surface area contributed by atoms with Gasteiger partial charge in [-0.05, 0) is 12.3 Å². The van der Waals surface area contributed by atoms with Crippen LogP contribution in [0.4, 0.5) is 11.4 Å². The van der Waals surface area contributed by atoms with E-state index in [2.05, 4.69) is 39.6 Å². The average Bonchev–Trinajstić information content (AvgIpc) is 2.35. The smallest absolute Gasteiger partial charge is 0.163 e. The van der Waals surface area contributed by atoms with Gasteiger partial charge in [0, 0.05) is 25.2 Å². The molecule has 2 rings (SSSR count). The van der Waals surface area contributed by atoms with Crippen molar-refractivity contribution in [3.05, 3.63) is 12.1 Å². The molecule has 2 N–H and O–H groups in total. The maximum Gasteiger partial charge on any atom is 0.163 e. The van der Waals surface area contributed by atoms with Crippen molar-refractivity contribution in [2.75, 3.05) is 30.9 Å². The van der Waals surface area contributed by atoms with Crippen molar-refractivity contribution in [1.29, 1.82) is 0 Å². The molecule has 0 radical (unpaired) electrons. The third kappa shape index (κ3) is 2.72. The second-order valence-electron chi connectivity index (χ2n) is 6.21. The van der Waals surface area contributed by atoms with Crippen molar-refractivity contribution < 1.29 is 9.47 Å². The van der Waals surface area contributed by atoms with Gasteiger partial charge >= 0.3 is 0 Å². The molecule has 106 valence electrons. The topological polar surface area (TPSA) is 47.7 Å². The lowest BCUT2D eigenvalue weighted by molar-refractivity contribution is 0.171. The Bertz CT molecular complexity index is 466. The number of nitrogens with two attached hydrogens (primary N) is 1. The van der Waals surface area contributed by atoms with Gasteiger partial charge in [-0.25, -0.2) is 0 Å². The van der Waals surface area contributed by atoms with Crippen LogP contribution in [0.3, 0.4) is 0 Å². The van der Waals surface area contributed by atoms with E-state index in [0.717, 1.165) is 22.9 Å². The zero-order chi connectivity index (χ0) is 14.2. The van der Waals surface area contributed by atoms with Gasteiger partial charge in [-0.15, -0.1) is 0 Å². The molecule has 0 aliphatic carbocycles. The van der Waals surface area contributed by atoms with Crippen LogP contribution in [-0.2, 0) is 0 Å². The molecule has 1 atom stereocenters. The van der Waals surface area contributed by atoms with Crippen molar-refractivity contribution in [3.63, 3.8) is 0 Å². The highest BCUT2D eigenvalue weighted by molar-refractivity contribution is 5.73. The number of rotatable bonds is 2. The third-order valence-corrected chi connectivity index (χ3v) is 3.91. The van der Waals surface area contributed by atoms with Crippen LogP contribution in [0, 0.1) is 5.41 Å². The number of anilines is 2. The van der Waals surface area contributed by atoms with Crippen molar-refractivity contribution in [3.8, 4) is 11.5 Å². The van der Waals surface area contributed by atoms with Crippen molar-refractivity contribution >= 4 is 11.4 Å². The van der Waals surface area contributed by atoms with E-state index in [1.165, 1.54) is 0 Å². The number of fused-ring (bicyclic) bond motifs is 1. The lowest BCUT2D eigenvalue weighted by atomic mass is 9.87. The summed E-state index contributed by atoms with van der Waals surface area (Å²) in [7, 11) is 2.07. The normalized spacial score (nSPS) is 16.1. The van der Waals surface area contributed by atoms with Crippen LogP contribution >= 0.6 is 0 Å². The Balaban J connectivity index is 2.34. The molecule has 1 aliphatic rings. The summed E-state index contributed by atoms with van der Waals surface area (Å²) >= 11 is 0. The molecule has 1 unspecified atom stereocenters. The van der Waals surface area contributed by atoms with Crippen LogP contribution in [0.5, 0.6) is 11.5 Å². The Hall–Kier alpha value is -1.58. The molecule has 0 aromatic heterocycles. The summed E-state index contributed by atoms with van der Waals surface area (Å²) in [5, 5.41) is 0. The van der Waals surface area contributed by atoms with Crippen molar-refractivity contribution in [1.82, 2.24) is 0 Å². The predicted octanol–water partition coefficient (Wildman–Crippen LogP) is 2.91. The third-order valence-electron chi connectivity index (χ3n) is 3.91. The van der Waals surface area contributed by atoms with E-state index in [1.807, 2.05) is 12.1 Å². The molecule has 0 spiro atoms. The lowest BCUT2D eigenvalue weighted by Gasteiger charge is -2.37. The summed E-state index contributed by atoms with van der Waals surface area (Å²) in [5.41, 5.74) is 8.04. The van der Waals surface area contributed by atoms with E-state index >= 15 is 0 Å². The largest absolute Gasteiger partial charge is 0.486 e. The summed E-state index contributed by atoms with van der Waals surface area (Å²) in [6, 6.07) is 4.19. The second kappa shape index (κ2) is 4.83. The first-order valence-corrected chi connectivity index (χ1v) is 6.72. The molecule has 4 heteroatoms. The van der Waals surface area contributed by atoms with Crippen molar-refractivity contribution in [2.24, 2.45) is 5.41 Å². The number of hydrogen-bond donors (Lipinski definition) is 1. The first-order valence-electron chi connectivity index (χ1n) is 6.72. The molecule has 0 fully saturated rings. The van der Waals surface area contributed by atoms with Gasteiger partial charge in [0.25, 0.3) is 0 Å². The molecule has 1 aromatic rings. The second-order valence-corrected chi connectivity index (χ2v) is 6.21. The molecule has 0 amide bonds. The van der Waals surface area contributed by atoms with Crippen LogP contribution in [-0.4, -0.2) is 26.3 Å². The Kier molecular flexibility index (Phi) is 3.52.